The molecule has 0 bridgehead atoms. The number of allylic oxidation sites excluding steroid dienone is 2. The second kappa shape index (κ2) is 8.27. The van der Waals surface area contributed by atoms with Crippen molar-refractivity contribution < 1.29 is 44.5 Å². The van der Waals surface area contributed by atoms with Crippen LogP contribution < -0.4 is 28.1 Å². The molecule has 130 valence electrons. The van der Waals surface area contributed by atoms with E-state index in [1.165, 1.54) is 39.3 Å². The van der Waals surface area contributed by atoms with Gasteiger partial charge in [-0.05, 0) is 0 Å². The maximum atomic E-state index is 6.27. The molecule has 2 aromatic carbocycles. The third-order valence-electron chi connectivity index (χ3n) is 4.80. The Morgan fingerprint density at radius 1 is 1.08 bits per heavy atom. The first-order chi connectivity index (χ1) is 11.7. The molecule has 2 aliphatic carbocycles. The fraction of sp³-hybridized carbons (Fsp3) is 0.100. The van der Waals surface area contributed by atoms with Gasteiger partial charge in [-0.2, -0.15) is 0 Å². The quantitative estimate of drug-likeness (QED) is 0.470. The summed E-state index contributed by atoms with van der Waals surface area (Å²) in [7, 11) is 6.27. The summed E-state index contributed by atoms with van der Waals surface area (Å²) in [5.41, 5.74) is 7.03. The molecule has 0 saturated carbocycles. The van der Waals surface area contributed by atoms with Crippen LogP contribution in [0.3, 0.4) is 0 Å². The zero-order valence-electron chi connectivity index (χ0n) is 13.5. The molecule has 1 heterocycles. The Balaban J connectivity index is 0.000000980. The van der Waals surface area contributed by atoms with Crippen LogP contribution in [-0.2, 0) is 26.1 Å². The van der Waals surface area contributed by atoms with Gasteiger partial charge in [0.1, 0.15) is 0 Å². The van der Waals surface area contributed by atoms with Crippen LogP contribution in [0.1, 0.15) is 22.3 Å². The fourth-order valence-electron chi connectivity index (χ4n) is 3.70. The number of halogens is 3. The summed E-state index contributed by atoms with van der Waals surface area (Å²) in [6.45, 7) is 0. The van der Waals surface area contributed by atoms with E-state index in [-0.39, 0.29) is 24.8 Å². The molecular formula is C20H13BrCl2S2Zr. The summed E-state index contributed by atoms with van der Waals surface area (Å²) in [5.74, 6) is 0. The van der Waals surface area contributed by atoms with E-state index in [9.17, 15) is 0 Å². The molecule has 0 radical (unpaired) electrons. The zero-order chi connectivity index (χ0) is 16.3. The normalized spacial score (nSPS) is 18.2. The van der Waals surface area contributed by atoms with Crippen molar-refractivity contribution in [3.8, 4) is 0 Å². The standard InChI is InChI=1S/C11H6BrS.C9H7.2ClH.S.Zr/c12-11-6-9-8-4-2-1-3-7(8)5-10(9)13-11;1-2-5-9-7-3-6-8(9)4-1;;;;/h1-5,11H;1-4,7H,6H2;2*1H;;/q;;;;;+2/p-2. The monoisotopic (exact) mass is 556 g/mol. The Morgan fingerprint density at radius 3 is 2.73 bits per heavy atom. The minimum atomic E-state index is -2.33. The molecule has 6 heteroatoms. The second-order valence-electron chi connectivity index (χ2n) is 6.13. The van der Waals surface area contributed by atoms with E-state index >= 15 is 0 Å². The van der Waals surface area contributed by atoms with Gasteiger partial charge in [-0.25, -0.2) is 0 Å². The molecule has 0 amide bonds. The van der Waals surface area contributed by atoms with Crippen molar-refractivity contribution in [3.63, 3.8) is 0 Å². The van der Waals surface area contributed by atoms with Gasteiger partial charge in [0.05, 0.1) is 0 Å². The van der Waals surface area contributed by atoms with E-state index in [1.54, 1.807) is 0 Å². The molecule has 1 unspecified atom stereocenters. The molecule has 0 nitrogen and oxygen atoms in total. The second-order valence-corrected chi connectivity index (χ2v) is 15.5. The van der Waals surface area contributed by atoms with Gasteiger partial charge >= 0.3 is 167 Å². The molecule has 0 fully saturated rings. The Bertz CT molecular complexity index is 1010. The molecule has 0 saturated heterocycles. The molecule has 1 atom stereocenters. The van der Waals surface area contributed by atoms with Gasteiger partial charge in [-0.1, -0.05) is 0 Å². The molecule has 1 aliphatic heterocycles. The van der Waals surface area contributed by atoms with Crippen LogP contribution in [0.2, 0.25) is 0 Å². The van der Waals surface area contributed by atoms with Crippen LogP contribution in [0.15, 0.2) is 56.7 Å². The number of benzene rings is 2. The third kappa shape index (κ3) is 3.25. The third-order valence-corrected chi connectivity index (χ3v) is 15.8. The average molecular weight is 559 g/mol. The van der Waals surface area contributed by atoms with Crippen molar-refractivity contribution in [1.29, 1.82) is 0 Å². The van der Waals surface area contributed by atoms with Crippen molar-refractivity contribution in [2.75, 3.05) is 0 Å². The average Bonchev–Trinajstić information content (AvgIpc) is 3.26. The van der Waals surface area contributed by atoms with Crippen LogP contribution >= 0.6 is 36.5 Å². The summed E-state index contributed by atoms with van der Waals surface area (Å²) in [6.07, 6.45) is 7.94. The Hall–Kier alpha value is 0.173. The number of thioether (sulfide) groups is 1. The van der Waals surface area contributed by atoms with E-state index in [2.05, 4.69) is 76.6 Å². The van der Waals surface area contributed by atoms with E-state index in [0.29, 0.717) is 4.16 Å². The van der Waals surface area contributed by atoms with Crippen molar-refractivity contribution in [2.45, 2.75) is 10.6 Å². The molecule has 0 N–H and O–H groups in total. The van der Waals surface area contributed by atoms with Gasteiger partial charge in [0, 0.05) is 0 Å². The predicted octanol–water partition coefficient (Wildman–Crippen LogP) is -0.146. The molecule has 5 rings (SSSR count). The maximum absolute atomic E-state index is 6.27. The first kappa shape index (κ1) is 20.9. The summed E-state index contributed by atoms with van der Waals surface area (Å²) >= 11 is 3.52. The summed E-state index contributed by atoms with van der Waals surface area (Å²) in [6, 6.07) is 15.5. The topological polar surface area (TPSA) is 0 Å². The van der Waals surface area contributed by atoms with E-state index in [4.69, 9.17) is 8.86 Å². The number of fused-ring (bicyclic) bond motifs is 4. The number of rotatable bonds is 2. The van der Waals surface area contributed by atoms with Crippen molar-refractivity contribution >= 4 is 57.5 Å². The summed E-state index contributed by atoms with van der Waals surface area (Å²) in [5, 5.41) is 0. The zero-order valence-corrected chi connectivity index (χ0v) is 20.7. The van der Waals surface area contributed by atoms with Crippen molar-refractivity contribution in [1.82, 2.24) is 0 Å². The summed E-state index contributed by atoms with van der Waals surface area (Å²) < 4.78 is 3.35. The molecule has 0 aromatic heterocycles. The summed E-state index contributed by atoms with van der Waals surface area (Å²) in [4.78, 5) is 1.40. The van der Waals surface area contributed by atoms with Gasteiger partial charge in [0.2, 0.25) is 0 Å². The molecule has 26 heavy (non-hydrogen) atoms. The van der Waals surface area contributed by atoms with Gasteiger partial charge in [0.15, 0.2) is 0 Å². The van der Waals surface area contributed by atoms with Crippen LogP contribution in [-0.4, -0.2) is 4.16 Å². The van der Waals surface area contributed by atoms with Crippen molar-refractivity contribution in [3.05, 3.63) is 79.0 Å². The number of alkyl halides is 1. The van der Waals surface area contributed by atoms with E-state index < -0.39 is 19.7 Å². The SMILES string of the molecule is [Cl-].[Cl-].[S]=[Zr+2]([C]1=C2C(=Cc3ccccc32)SC1Br)[c]1cccc2c1C=CC2. The van der Waals surface area contributed by atoms with Gasteiger partial charge < -0.3 is 24.8 Å². The van der Waals surface area contributed by atoms with Gasteiger partial charge in [-0.15, -0.1) is 0 Å². The predicted molar refractivity (Wildman–Crippen MR) is 108 cm³/mol. The Labute approximate surface area is 189 Å². The van der Waals surface area contributed by atoms with Crippen molar-refractivity contribution in [2.24, 2.45) is 0 Å². The van der Waals surface area contributed by atoms with Gasteiger partial charge in [0.25, 0.3) is 0 Å². The molecule has 3 aliphatic rings. The minimum absolute atomic E-state index is 0. The van der Waals surface area contributed by atoms with Crippen LogP contribution in [0.4, 0.5) is 0 Å². The molecule has 2 aromatic rings. The Morgan fingerprint density at radius 2 is 1.88 bits per heavy atom. The first-order valence-electron chi connectivity index (χ1n) is 7.93. The van der Waals surface area contributed by atoms with Crippen LogP contribution in [0.25, 0.3) is 17.7 Å². The molecule has 0 spiro atoms. The number of hydrogen-bond acceptors (Lipinski definition) is 2. The van der Waals surface area contributed by atoms with Gasteiger partial charge in [-0.3, -0.25) is 0 Å². The fourth-order valence-corrected chi connectivity index (χ4v) is 16.2. The number of hydrogen-bond donors (Lipinski definition) is 0. The van der Waals surface area contributed by atoms with E-state index in [1.807, 2.05) is 11.8 Å². The molecular weight excluding hydrogens is 546 g/mol. The van der Waals surface area contributed by atoms with Crippen LogP contribution in [0.5, 0.6) is 0 Å². The van der Waals surface area contributed by atoms with E-state index in [0.717, 1.165) is 6.42 Å². The van der Waals surface area contributed by atoms with Crippen LogP contribution in [0, 0.1) is 0 Å². The Kier molecular flexibility index (Phi) is 6.65. The first-order valence-corrected chi connectivity index (χ1v) is 15.6.